The van der Waals surface area contributed by atoms with Crippen LogP contribution in [0, 0.1) is 5.92 Å². The van der Waals surface area contributed by atoms with E-state index in [1.807, 2.05) is 0 Å². The Balaban J connectivity index is 2.05. The Morgan fingerprint density at radius 3 is 2.67 bits per heavy atom. The fourth-order valence-electron chi connectivity index (χ4n) is 2.03. The van der Waals surface area contributed by atoms with Crippen molar-refractivity contribution in [1.82, 2.24) is 5.32 Å². The van der Waals surface area contributed by atoms with E-state index >= 15 is 0 Å². The summed E-state index contributed by atoms with van der Waals surface area (Å²) in [6.07, 6.45) is 6.50. The van der Waals surface area contributed by atoms with Crippen LogP contribution in [-0.4, -0.2) is 24.3 Å². The maximum atomic E-state index is 8.60. The van der Waals surface area contributed by atoms with E-state index < -0.39 is 0 Å². The molecule has 0 heterocycles. The van der Waals surface area contributed by atoms with E-state index in [9.17, 15) is 0 Å². The number of aliphatic hydroxyl groups is 1. The van der Waals surface area contributed by atoms with Crippen LogP contribution in [0.15, 0.2) is 0 Å². The van der Waals surface area contributed by atoms with E-state index in [-0.39, 0.29) is 0 Å². The van der Waals surface area contributed by atoms with E-state index in [0.717, 1.165) is 18.9 Å². The first-order valence-electron chi connectivity index (χ1n) is 5.19. The summed E-state index contributed by atoms with van der Waals surface area (Å²) >= 11 is 0. The number of hydrogen-bond donors (Lipinski definition) is 2. The lowest BCUT2D eigenvalue weighted by Crippen LogP contribution is -2.33. The first-order valence-corrected chi connectivity index (χ1v) is 5.19. The van der Waals surface area contributed by atoms with Gasteiger partial charge in [0.25, 0.3) is 0 Å². The third-order valence-electron chi connectivity index (χ3n) is 2.91. The maximum Gasteiger partial charge on any atom is 0.0443 e. The minimum absolute atomic E-state index is 0.310. The van der Waals surface area contributed by atoms with E-state index in [0.29, 0.717) is 12.6 Å². The standard InChI is InChI=1S/C10H21NO/c1-9(11-7-4-8-12)10-5-2-3-6-10/h9-12H,2-8H2,1H3/t9-/m0/s1. The van der Waals surface area contributed by atoms with Crippen LogP contribution in [0.4, 0.5) is 0 Å². The Kier molecular flexibility index (Phi) is 4.62. The van der Waals surface area contributed by atoms with Crippen LogP contribution >= 0.6 is 0 Å². The topological polar surface area (TPSA) is 32.3 Å². The molecule has 1 aliphatic rings. The van der Waals surface area contributed by atoms with Crippen molar-refractivity contribution < 1.29 is 5.11 Å². The normalized spacial score (nSPS) is 21.5. The highest BCUT2D eigenvalue weighted by molar-refractivity contribution is 4.76. The van der Waals surface area contributed by atoms with Gasteiger partial charge >= 0.3 is 0 Å². The van der Waals surface area contributed by atoms with Crippen molar-refractivity contribution in [2.75, 3.05) is 13.2 Å². The van der Waals surface area contributed by atoms with Crippen molar-refractivity contribution in [1.29, 1.82) is 0 Å². The summed E-state index contributed by atoms with van der Waals surface area (Å²) in [4.78, 5) is 0. The zero-order valence-corrected chi connectivity index (χ0v) is 8.05. The second-order valence-corrected chi connectivity index (χ2v) is 3.86. The van der Waals surface area contributed by atoms with Crippen LogP contribution in [0.1, 0.15) is 39.0 Å². The predicted octanol–water partition coefficient (Wildman–Crippen LogP) is 1.54. The van der Waals surface area contributed by atoms with Crippen molar-refractivity contribution in [3.8, 4) is 0 Å². The number of aliphatic hydroxyl groups excluding tert-OH is 1. The molecule has 0 aromatic carbocycles. The molecule has 72 valence electrons. The molecule has 2 heteroatoms. The fourth-order valence-corrected chi connectivity index (χ4v) is 2.03. The summed E-state index contributed by atoms with van der Waals surface area (Å²) in [5.74, 6) is 0.892. The van der Waals surface area contributed by atoms with Gasteiger partial charge in [0.2, 0.25) is 0 Å². The van der Waals surface area contributed by atoms with Gasteiger partial charge in [-0.15, -0.1) is 0 Å². The molecule has 2 N–H and O–H groups in total. The summed E-state index contributed by atoms with van der Waals surface area (Å²) in [7, 11) is 0. The SMILES string of the molecule is C[C@H](NCCCO)C1CCCC1. The molecule has 1 fully saturated rings. The van der Waals surface area contributed by atoms with Crippen LogP contribution in [0.3, 0.4) is 0 Å². The predicted molar refractivity (Wildman–Crippen MR) is 51.1 cm³/mol. The van der Waals surface area contributed by atoms with Crippen molar-refractivity contribution in [2.45, 2.75) is 45.1 Å². The quantitative estimate of drug-likeness (QED) is 0.615. The molecule has 0 aromatic rings. The van der Waals surface area contributed by atoms with Gasteiger partial charge in [-0.05, 0) is 38.6 Å². The molecule has 2 nitrogen and oxygen atoms in total. The van der Waals surface area contributed by atoms with Gasteiger partial charge in [-0.1, -0.05) is 12.8 Å². The highest BCUT2D eigenvalue weighted by atomic mass is 16.3. The van der Waals surface area contributed by atoms with Gasteiger partial charge in [-0.3, -0.25) is 0 Å². The molecule has 0 radical (unpaired) electrons. The third kappa shape index (κ3) is 3.11. The molecule has 0 aromatic heterocycles. The molecular weight excluding hydrogens is 150 g/mol. The van der Waals surface area contributed by atoms with Crippen LogP contribution in [0.5, 0.6) is 0 Å². The summed E-state index contributed by atoms with van der Waals surface area (Å²) < 4.78 is 0. The fraction of sp³-hybridized carbons (Fsp3) is 1.00. The number of nitrogens with one attached hydrogen (secondary N) is 1. The Bertz CT molecular complexity index is 110. The smallest absolute Gasteiger partial charge is 0.0443 e. The minimum atomic E-state index is 0.310. The Labute approximate surface area is 75.4 Å². The second-order valence-electron chi connectivity index (χ2n) is 3.86. The molecule has 0 amide bonds. The van der Waals surface area contributed by atoms with Crippen LogP contribution in [0.25, 0.3) is 0 Å². The molecule has 0 unspecified atom stereocenters. The minimum Gasteiger partial charge on any atom is -0.396 e. The maximum absolute atomic E-state index is 8.60. The summed E-state index contributed by atoms with van der Waals surface area (Å²) in [5.41, 5.74) is 0. The third-order valence-corrected chi connectivity index (χ3v) is 2.91. The average molecular weight is 171 g/mol. The molecule has 0 bridgehead atoms. The molecule has 0 spiro atoms. The van der Waals surface area contributed by atoms with E-state index in [4.69, 9.17) is 5.11 Å². The van der Waals surface area contributed by atoms with Crippen molar-refractivity contribution in [2.24, 2.45) is 5.92 Å². The van der Waals surface area contributed by atoms with Crippen molar-refractivity contribution in [3.63, 3.8) is 0 Å². The zero-order valence-electron chi connectivity index (χ0n) is 8.05. The molecule has 1 aliphatic carbocycles. The summed E-state index contributed by atoms with van der Waals surface area (Å²) in [5, 5.41) is 12.1. The van der Waals surface area contributed by atoms with E-state index in [1.165, 1.54) is 25.7 Å². The lowest BCUT2D eigenvalue weighted by molar-refractivity contribution is 0.278. The second kappa shape index (κ2) is 5.55. The molecule has 12 heavy (non-hydrogen) atoms. The highest BCUT2D eigenvalue weighted by Crippen LogP contribution is 2.27. The van der Waals surface area contributed by atoms with E-state index in [2.05, 4.69) is 12.2 Å². The summed E-state index contributed by atoms with van der Waals surface area (Å²) in [6, 6.07) is 0.652. The zero-order chi connectivity index (χ0) is 8.81. The average Bonchev–Trinajstić information content (AvgIpc) is 2.56. The first-order chi connectivity index (χ1) is 5.84. The van der Waals surface area contributed by atoms with Crippen molar-refractivity contribution >= 4 is 0 Å². The molecule has 1 saturated carbocycles. The van der Waals surface area contributed by atoms with Gasteiger partial charge in [-0.25, -0.2) is 0 Å². The van der Waals surface area contributed by atoms with Gasteiger partial charge < -0.3 is 10.4 Å². The van der Waals surface area contributed by atoms with Crippen LogP contribution < -0.4 is 5.32 Å². The molecule has 0 saturated heterocycles. The van der Waals surface area contributed by atoms with Crippen molar-refractivity contribution in [3.05, 3.63) is 0 Å². The largest absolute Gasteiger partial charge is 0.396 e. The first kappa shape index (κ1) is 10.0. The molecule has 1 rings (SSSR count). The lowest BCUT2D eigenvalue weighted by atomic mass is 10.00. The Morgan fingerprint density at radius 1 is 1.42 bits per heavy atom. The Hall–Kier alpha value is -0.0800. The van der Waals surface area contributed by atoms with Crippen LogP contribution in [-0.2, 0) is 0 Å². The number of rotatable bonds is 5. The number of hydrogen-bond acceptors (Lipinski definition) is 2. The van der Waals surface area contributed by atoms with Gasteiger partial charge in [0.15, 0.2) is 0 Å². The molecule has 0 aliphatic heterocycles. The summed E-state index contributed by atoms with van der Waals surface area (Å²) in [6.45, 7) is 3.55. The van der Waals surface area contributed by atoms with Gasteiger partial charge in [0, 0.05) is 12.6 Å². The highest BCUT2D eigenvalue weighted by Gasteiger charge is 2.20. The van der Waals surface area contributed by atoms with Gasteiger partial charge in [0.05, 0.1) is 0 Å². The van der Waals surface area contributed by atoms with Crippen LogP contribution in [0.2, 0.25) is 0 Å². The van der Waals surface area contributed by atoms with Gasteiger partial charge in [0.1, 0.15) is 0 Å². The molecule has 1 atom stereocenters. The lowest BCUT2D eigenvalue weighted by Gasteiger charge is -2.19. The molecular formula is C10H21NO. The van der Waals surface area contributed by atoms with Gasteiger partial charge in [-0.2, -0.15) is 0 Å². The van der Waals surface area contributed by atoms with E-state index in [1.54, 1.807) is 0 Å². The monoisotopic (exact) mass is 171 g/mol. The Morgan fingerprint density at radius 2 is 2.08 bits per heavy atom.